The van der Waals surface area contributed by atoms with Crippen LogP contribution in [0.15, 0.2) is 29.5 Å². The number of hydrogen-bond donors (Lipinski definition) is 3. The van der Waals surface area contributed by atoms with Crippen molar-refractivity contribution in [3.05, 3.63) is 41.7 Å². The highest BCUT2D eigenvalue weighted by molar-refractivity contribution is 5.80. The molecule has 3 rings (SSSR count). The lowest BCUT2D eigenvalue weighted by atomic mass is 10.1. The zero-order chi connectivity index (χ0) is 17.6. The lowest BCUT2D eigenvalue weighted by molar-refractivity contribution is 0.187. The van der Waals surface area contributed by atoms with Crippen molar-refractivity contribution in [2.75, 3.05) is 13.1 Å². The third-order valence-corrected chi connectivity index (χ3v) is 4.16. The molecule has 1 aliphatic rings. The van der Waals surface area contributed by atoms with Crippen LogP contribution in [0, 0.1) is 6.92 Å². The highest BCUT2D eigenvalue weighted by Crippen LogP contribution is 2.13. The van der Waals surface area contributed by atoms with Gasteiger partial charge in [0.2, 0.25) is 0 Å². The smallest absolute Gasteiger partial charge is 0.191 e. The molecule has 0 aliphatic carbocycles. The van der Waals surface area contributed by atoms with Crippen LogP contribution < -0.4 is 10.6 Å². The molecular weight excluding hydrogens is 318 g/mol. The molecule has 25 heavy (non-hydrogen) atoms. The first kappa shape index (κ1) is 17.3. The first-order chi connectivity index (χ1) is 12.2. The number of hydrogen-bond acceptors (Lipinski definition) is 5. The average molecular weight is 343 g/mol. The lowest BCUT2D eigenvalue weighted by Gasteiger charge is -2.25. The van der Waals surface area contributed by atoms with Crippen LogP contribution in [0.25, 0.3) is 0 Å². The molecule has 2 aromatic heterocycles. The Labute approximate surface area is 147 Å². The standard InChI is InChI=1S/C17H25N7O/c1-3-19-17(20-10-15(25)13-6-8-18-9-7-13)22-14-4-5-16-21-12(2)23-24(16)11-14/h6-9,14-15,25H,3-5,10-11H2,1-2H3,(H2,19,20,22). The van der Waals surface area contributed by atoms with Gasteiger partial charge in [-0.25, -0.2) is 9.67 Å². The van der Waals surface area contributed by atoms with Crippen LogP contribution in [0.1, 0.15) is 36.7 Å². The Hall–Kier alpha value is -2.48. The number of fused-ring (bicyclic) bond motifs is 1. The highest BCUT2D eigenvalue weighted by Gasteiger charge is 2.21. The second-order valence-electron chi connectivity index (χ2n) is 6.15. The fourth-order valence-corrected chi connectivity index (χ4v) is 2.93. The minimum Gasteiger partial charge on any atom is -0.386 e. The quantitative estimate of drug-likeness (QED) is 0.543. The molecule has 0 aromatic carbocycles. The van der Waals surface area contributed by atoms with Gasteiger partial charge in [-0.15, -0.1) is 0 Å². The number of aromatic nitrogens is 4. The number of aliphatic imine (C=N–C) groups is 1. The Morgan fingerprint density at radius 2 is 2.24 bits per heavy atom. The topological polar surface area (TPSA) is 100 Å². The third-order valence-electron chi connectivity index (χ3n) is 4.16. The van der Waals surface area contributed by atoms with E-state index in [1.807, 2.05) is 18.5 Å². The largest absolute Gasteiger partial charge is 0.386 e. The maximum absolute atomic E-state index is 10.3. The van der Waals surface area contributed by atoms with Crippen molar-refractivity contribution in [2.45, 2.75) is 45.4 Å². The van der Waals surface area contributed by atoms with Gasteiger partial charge >= 0.3 is 0 Å². The number of pyridine rings is 1. The summed E-state index contributed by atoms with van der Waals surface area (Å²) in [7, 11) is 0. The van der Waals surface area contributed by atoms with Gasteiger partial charge in [-0.1, -0.05) is 0 Å². The molecule has 0 saturated carbocycles. The molecule has 0 bridgehead atoms. The van der Waals surface area contributed by atoms with Crippen LogP contribution in [0.3, 0.4) is 0 Å². The van der Waals surface area contributed by atoms with E-state index < -0.39 is 6.10 Å². The van der Waals surface area contributed by atoms with E-state index in [2.05, 4.69) is 30.7 Å². The van der Waals surface area contributed by atoms with Gasteiger partial charge in [-0.05, 0) is 38.0 Å². The number of rotatable bonds is 5. The number of aryl methyl sites for hydroxylation is 2. The van der Waals surface area contributed by atoms with Gasteiger partial charge in [-0.2, -0.15) is 5.10 Å². The lowest BCUT2D eigenvalue weighted by Crippen LogP contribution is -2.47. The molecule has 8 heteroatoms. The SMILES string of the molecule is CCNC(=NCC(O)c1ccncc1)NC1CCc2nc(C)nn2C1. The van der Waals surface area contributed by atoms with E-state index in [1.54, 1.807) is 24.5 Å². The molecule has 0 fully saturated rings. The number of nitrogens with one attached hydrogen (secondary N) is 2. The summed E-state index contributed by atoms with van der Waals surface area (Å²) in [5, 5.41) is 21.4. The summed E-state index contributed by atoms with van der Waals surface area (Å²) in [5.74, 6) is 2.57. The van der Waals surface area contributed by atoms with E-state index in [-0.39, 0.29) is 6.04 Å². The van der Waals surface area contributed by atoms with E-state index in [9.17, 15) is 5.11 Å². The Bertz CT molecular complexity index is 713. The Morgan fingerprint density at radius 1 is 1.44 bits per heavy atom. The predicted molar refractivity (Wildman–Crippen MR) is 95.2 cm³/mol. The minimum atomic E-state index is -0.644. The molecule has 2 aromatic rings. The van der Waals surface area contributed by atoms with Crippen LogP contribution in [-0.4, -0.2) is 49.9 Å². The van der Waals surface area contributed by atoms with Crippen molar-refractivity contribution in [2.24, 2.45) is 4.99 Å². The van der Waals surface area contributed by atoms with Gasteiger partial charge < -0.3 is 15.7 Å². The second kappa shape index (κ2) is 8.06. The molecule has 0 saturated heterocycles. The Morgan fingerprint density at radius 3 is 3.00 bits per heavy atom. The first-order valence-corrected chi connectivity index (χ1v) is 8.69. The Balaban J connectivity index is 1.61. The molecule has 3 N–H and O–H groups in total. The average Bonchev–Trinajstić information content (AvgIpc) is 2.99. The van der Waals surface area contributed by atoms with Gasteiger partial charge in [0.05, 0.1) is 19.2 Å². The summed E-state index contributed by atoms with van der Waals surface area (Å²) in [6.07, 6.45) is 4.58. The van der Waals surface area contributed by atoms with E-state index in [0.717, 1.165) is 43.1 Å². The zero-order valence-electron chi connectivity index (χ0n) is 14.7. The minimum absolute atomic E-state index is 0.240. The maximum atomic E-state index is 10.3. The van der Waals surface area contributed by atoms with Crippen molar-refractivity contribution in [3.63, 3.8) is 0 Å². The van der Waals surface area contributed by atoms with E-state index >= 15 is 0 Å². The third kappa shape index (κ3) is 4.54. The predicted octanol–water partition coefficient (Wildman–Crippen LogP) is 0.585. The summed E-state index contributed by atoms with van der Waals surface area (Å²) in [4.78, 5) is 12.9. The molecule has 8 nitrogen and oxygen atoms in total. The van der Waals surface area contributed by atoms with Gasteiger partial charge in [0, 0.05) is 31.4 Å². The second-order valence-corrected chi connectivity index (χ2v) is 6.15. The number of aliphatic hydroxyl groups excluding tert-OH is 1. The first-order valence-electron chi connectivity index (χ1n) is 8.69. The van der Waals surface area contributed by atoms with Gasteiger partial charge in [0.1, 0.15) is 11.6 Å². The molecule has 0 amide bonds. The fraction of sp³-hybridized carbons (Fsp3) is 0.529. The van der Waals surface area contributed by atoms with Crippen LogP contribution in [0.2, 0.25) is 0 Å². The van der Waals surface area contributed by atoms with Gasteiger partial charge in [-0.3, -0.25) is 9.98 Å². The van der Waals surface area contributed by atoms with Crippen LogP contribution in [0.5, 0.6) is 0 Å². The van der Waals surface area contributed by atoms with Crippen molar-refractivity contribution in [1.29, 1.82) is 0 Å². The van der Waals surface area contributed by atoms with Crippen molar-refractivity contribution in [3.8, 4) is 0 Å². The van der Waals surface area contributed by atoms with E-state index in [4.69, 9.17) is 0 Å². The summed E-state index contributed by atoms with van der Waals surface area (Å²) in [5.41, 5.74) is 0.815. The van der Waals surface area contributed by atoms with Crippen LogP contribution >= 0.6 is 0 Å². The molecule has 0 spiro atoms. The molecular formula is C17H25N7O. The van der Waals surface area contributed by atoms with Gasteiger partial charge in [0.15, 0.2) is 5.96 Å². The molecule has 2 unspecified atom stereocenters. The number of guanidine groups is 1. The summed E-state index contributed by atoms with van der Waals surface area (Å²) >= 11 is 0. The van der Waals surface area contributed by atoms with E-state index in [0.29, 0.717) is 12.5 Å². The summed E-state index contributed by atoms with van der Waals surface area (Å²) in [6, 6.07) is 3.84. The Kier molecular flexibility index (Phi) is 5.60. The normalized spacial score (nSPS) is 18.5. The van der Waals surface area contributed by atoms with Gasteiger partial charge in [0.25, 0.3) is 0 Å². The molecule has 1 aliphatic heterocycles. The number of aliphatic hydroxyl groups is 1. The molecule has 134 valence electrons. The highest BCUT2D eigenvalue weighted by atomic mass is 16.3. The summed E-state index contributed by atoms with van der Waals surface area (Å²) < 4.78 is 1.96. The van der Waals surface area contributed by atoms with Crippen molar-refractivity contribution < 1.29 is 5.11 Å². The molecule has 3 heterocycles. The van der Waals surface area contributed by atoms with Crippen molar-refractivity contribution in [1.82, 2.24) is 30.4 Å². The monoisotopic (exact) mass is 343 g/mol. The maximum Gasteiger partial charge on any atom is 0.191 e. The fourth-order valence-electron chi connectivity index (χ4n) is 2.93. The van der Waals surface area contributed by atoms with Crippen LogP contribution in [-0.2, 0) is 13.0 Å². The van der Waals surface area contributed by atoms with E-state index in [1.165, 1.54) is 0 Å². The number of nitrogens with zero attached hydrogens (tertiary/aromatic N) is 5. The summed E-state index contributed by atoms with van der Waals surface area (Å²) in [6.45, 7) is 5.76. The zero-order valence-corrected chi connectivity index (χ0v) is 14.7. The molecule has 2 atom stereocenters. The molecule has 0 radical (unpaired) electrons. The van der Waals surface area contributed by atoms with Crippen molar-refractivity contribution >= 4 is 5.96 Å². The van der Waals surface area contributed by atoms with Crippen LogP contribution in [0.4, 0.5) is 0 Å².